The summed E-state index contributed by atoms with van der Waals surface area (Å²) in [6.07, 6.45) is 1.84. The molecule has 1 aromatic heterocycles. The number of hydrogen-bond donors (Lipinski definition) is 3. The lowest BCUT2D eigenvalue weighted by Gasteiger charge is -2.08. The van der Waals surface area contributed by atoms with E-state index in [1.807, 2.05) is 6.92 Å². The number of ether oxygens (including phenoxy) is 1. The van der Waals surface area contributed by atoms with Crippen LogP contribution in [0.5, 0.6) is 0 Å². The van der Waals surface area contributed by atoms with Crippen LogP contribution in [0, 0.1) is 5.82 Å². The van der Waals surface area contributed by atoms with Crippen LogP contribution in [0.3, 0.4) is 0 Å². The zero-order valence-corrected chi connectivity index (χ0v) is 10.4. The molecule has 102 valence electrons. The van der Waals surface area contributed by atoms with Gasteiger partial charge >= 0.3 is 0 Å². The van der Waals surface area contributed by atoms with Gasteiger partial charge in [0.25, 0.3) is 0 Å². The van der Waals surface area contributed by atoms with E-state index < -0.39 is 5.82 Å². The lowest BCUT2D eigenvalue weighted by atomic mass is 10.4. The van der Waals surface area contributed by atoms with Crippen molar-refractivity contribution in [3.8, 4) is 0 Å². The molecule has 1 heterocycles. The molecule has 0 aromatic carbocycles. The molecular weight excluding hydrogens is 239 g/mol. The van der Waals surface area contributed by atoms with E-state index in [9.17, 15) is 4.39 Å². The number of anilines is 2. The molecular formula is C11H19FN4O2. The minimum Gasteiger partial charge on any atom is -0.394 e. The van der Waals surface area contributed by atoms with Crippen LogP contribution in [0.2, 0.25) is 0 Å². The Morgan fingerprint density at radius 2 is 2.22 bits per heavy atom. The van der Waals surface area contributed by atoms with Crippen molar-refractivity contribution in [2.75, 3.05) is 43.5 Å². The molecule has 0 spiro atoms. The number of rotatable bonds is 9. The minimum atomic E-state index is -0.479. The molecule has 0 bridgehead atoms. The lowest BCUT2D eigenvalue weighted by molar-refractivity contribution is 0.0921. The normalized spacial score (nSPS) is 10.4. The molecule has 0 aliphatic carbocycles. The van der Waals surface area contributed by atoms with Crippen molar-refractivity contribution in [3.05, 3.63) is 12.0 Å². The van der Waals surface area contributed by atoms with E-state index in [2.05, 4.69) is 20.6 Å². The largest absolute Gasteiger partial charge is 0.394 e. The van der Waals surface area contributed by atoms with Crippen molar-refractivity contribution < 1.29 is 14.2 Å². The van der Waals surface area contributed by atoms with Gasteiger partial charge in [-0.25, -0.2) is 9.37 Å². The van der Waals surface area contributed by atoms with Crippen molar-refractivity contribution >= 4 is 11.8 Å². The Bertz CT molecular complexity index is 352. The highest BCUT2D eigenvalue weighted by Crippen LogP contribution is 2.11. The number of aliphatic hydroxyl groups is 1. The summed E-state index contributed by atoms with van der Waals surface area (Å²) in [5.74, 6) is 0.106. The van der Waals surface area contributed by atoms with Crippen molar-refractivity contribution in [2.24, 2.45) is 0 Å². The second-order valence-corrected chi connectivity index (χ2v) is 3.54. The Morgan fingerprint density at radius 3 is 2.94 bits per heavy atom. The number of nitrogens with one attached hydrogen (secondary N) is 2. The number of aromatic nitrogens is 2. The summed E-state index contributed by atoms with van der Waals surface area (Å²) in [5.41, 5.74) is 0. The summed E-state index contributed by atoms with van der Waals surface area (Å²) in [6, 6.07) is 0. The van der Waals surface area contributed by atoms with Crippen molar-refractivity contribution in [2.45, 2.75) is 13.3 Å². The van der Waals surface area contributed by atoms with Crippen LogP contribution in [0.25, 0.3) is 0 Å². The third-order valence-corrected chi connectivity index (χ3v) is 2.07. The Hall–Kier alpha value is -1.47. The standard InChI is InChI=1S/C11H19FN4O2/c1-2-13-11-15-8-9(12)10(16-11)14-4-3-6-18-7-5-17/h8,17H,2-7H2,1H3,(H2,13,14,15,16). The van der Waals surface area contributed by atoms with Crippen LogP contribution in [0.1, 0.15) is 13.3 Å². The number of hydrogen-bond acceptors (Lipinski definition) is 6. The van der Waals surface area contributed by atoms with Gasteiger partial charge in [-0.1, -0.05) is 0 Å². The quantitative estimate of drug-likeness (QED) is 0.570. The molecule has 0 saturated heterocycles. The predicted molar refractivity (Wildman–Crippen MR) is 67.2 cm³/mol. The highest BCUT2D eigenvalue weighted by Gasteiger charge is 2.05. The van der Waals surface area contributed by atoms with Gasteiger partial charge in [-0.15, -0.1) is 0 Å². The highest BCUT2D eigenvalue weighted by atomic mass is 19.1. The summed E-state index contributed by atoms with van der Waals surface area (Å²) >= 11 is 0. The molecule has 0 aliphatic heterocycles. The zero-order valence-electron chi connectivity index (χ0n) is 10.4. The minimum absolute atomic E-state index is 0.0139. The van der Waals surface area contributed by atoms with Crippen molar-refractivity contribution in [3.63, 3.8) is 0 Å². The van der Waals surface area contributed by atoms with Crippen LogP contribution in [-0.4, -0.2) is 48.0 Å². The van der Waals surface area contributed by atoms with E-state index in [0.29, 0.717) is 38.7 Å². The van der Waals surface area contributed by atoms with E-state index in [1.54, 1.807) is 0 Å². The Balaban J connectivity index is 2.34. The Labute approximate surface area is 106 Å². The molecule has 6 nitrogen and oxygen atoms in total. The van der Waals surface area contributed by atoms with Crippen LogP contribution in [0.4, 0.5) is 16.2 Å². The predicted octanol–water partition coefficient (Wildman–Crippen LogP) is 0.858. The van der Waals surface area contributed by atoms with Gasteiger partial charge < -0.3 is 20.5 Å². The number of halogens is 1. The van der Waals surface area contributed by atoms with Crippen LogP contribution in [-0.2, 0) is 4.74 Å². The fourth-order valence-corrected chi connectivity index (χ4v) is 1.28. The van der Waals surface area contributed by atoms with E-state index in [-0.39, 0.29) is 12.4 Å². The van der Waals surface area contributed by atoms with Crippen LogP contribution >= 0.6 is 0 Å². The third-order valence-electron chi connectivity index (χ3n) is 2.07. The monoisotopic (exact) mass is 258 g/mol. The molecule has 0 aliphatic rings. The molecule has 1 aromatic rings. The van der Waals surface area contributed by atoms with Crippen molar-refractivity contribution in [1.29, 1.82) is 0 Å². The second kappa shape index (κ2) is 8.60. The fourth-order valence-electron chi connectivity index (χ4n) is 1.28. The van der Waals surface area contributed by atoms with E-state index >= 15 is 0 Å². The first-order valence-corrected chi connectivity index (χ1v) is 5.96. The van der Waals surface area contributed by atoms with Crippen molar-refractivity contribution in [1.82, 2.24) is 9.97 Å². The maximum absolute atomic E-state index is 13.4. The second-order valence-electron chi connectivity index (χ2n) is 3.54. The van der Waals surface area contributed by atoms with Crippen LogP contribution < -0.4 is 10.6 Å². The molecule has 0 radical (unpaired) electrons. The first-order chi connectivity index (χ1) is 8.77. The Kier molecular flexibility index (Phi) is 6.97. The topological polar surface area (TPSA) is 79.3 Å². The molecule has 0 unspecified atom stereocenters. The average Bonchev–Trinajstić information content (AvgIpc) is 2.37. The molecule has 7 heteroatoms. The summed E-state index contributed by atoms with van der Waals surface area (Å²) in [5, 5.41) is 14.3. The molecule has 0 saturated carbocycles. The van der Waals surface area contributed by atoms with Gasteiger partial charge in [-0.2, -0.15) is 4.98 Å². The lowest BCUT2D eigenvalue weighted by Crippen LogP contribution is -2.11. The van der Waals surface area contributed by atoms with E-state index in [4.69, 9.17) is 9.84 Å². The summed E-state index contributed by atoms with van der Waals surface area (Å²) in [6.45, 7) is 4.00. The average molecular weight is 258 g/mol. The maximum atomic E-state index is 13.4. The highest BCUT2D eigenvalue weighted by molar-refractivity contribution is 5.40. The van der Waals surface area contributed by atoms with Crippen LogP contribution in [0.15, 0.2) is 6.20 Å². The first kappa shape index (κ1) is 14.6. The third kappa shape index (κ3) is 5.24. The van der Waals surface area contributed by atoms with Gasteiger partial charge in [0.2, 0.25) is 5.95 Å². The summed E-state index contributed by atoms with van der Waals surface area (Å²) in [4.78, 5) is 7.81. The SMILES string of the molecule is CCNc1ncc(F)c(NCCCOCCO)n1. The van der Waals surface area contributed by atoms with Gasteiger partial charge in [-0.3, -0.25) is 0 Å². The van der Waals surface area contributed by atoms with Gasteiger partial charge in [0.1, 0.15) is 0 Å². The smallest absolute Gasteiger partial charge is 0.224 e. The summed E-state index contributed by atoms with van der Waals surface area (Å²) < 4.78 is 18.4. The Morgan fingerprint density at radius 1 is 1.39 bits per heavy atom. The van der Waals surface area contributed by atoms with Gasteiger partial charge in [0, 0.05) is 19.7 Å². The molecule has 3 N–H and O–H groups in total. The number of aliphatic hydroxyl groups excluding tert-OH is 1. The maximum Gasteiger partial charge on any atom is 0.224 e. The van der Waals surface area contributed by atoms with Gasteiger partial charge in [0.15, 0.2) is 11.6 Å². The zero-order chi connectivity index (χ0) is 13.2. The van der Waals surface area contributed by atoms with Gasteiger partial charge in [-0.05, 0) is 13.3 Å². The number of nitrogens with zero attached hydrogens (tertiary/aromatic N) is 2. The fraction of sp³-hybridized carbons (Fsp3) is 0.636. The van der Waals surface area contributed by atoms with E-state index in [0.717, 1.165) is 6.20 Å². The molecule has 1 rings (SSSR count). The molecule has 0 fully saturated rings. The van der Waals surface area contributed by atoms with Gasteiger partial charge in [0.05, 0.1) is 19.4 Å². The summed E-state index contributed by atoms with van der Waals surface area (Å²) in [7, 11) is 0. The first-order valence-electron chi connectivity index (χ1n) is 5.96. The molecule has 0 atom stereocenters. The van der Waals surface area contributed by atoms with E-state index in [1.165, 1.54) is 0 Å². The molecule has 18 heavy (non-hydrogen) atoms. The molecule has 0 amide bonds.